The smallest absolute Gasteiger partial charge is 0.119 e. The van der Waals surface area contributed by atoms with Gasteiger partial charge >= 0.3 is 0 Å². The number of benzene rings is 2. The zero-order valence-electron chi connectivity index (χ0n) is 13.9. The van der Waals surface area contributed by atoms with Gasteiger partial charge in [0.2, 0.25) is 0 Å². The van der Waals surface area contributed by atoms with Crippen molar-refractivity contribution in [2.75, 3.05) is 13.2 Å². The van der Waals surface area contributed by atoms with Crippen molar-refractivity contribution in [3.05, 3.63) is 63.1 Å². The molecule has 2 aromatic carbocycles. The predicted molar refractivity (Wildman–Crippen MR) is 107 cm³/mol. The minimum atomic E-state index is 0. The maximum Gasteiger partial charge on any atom is 0.119 e. The van der Waals surface area contributed by atoms with Gasteiger partial charge in [-0.3, -0.25) is 0 Å². The molecule has 0 spiro atoms. The van der Waals surface area contributed by atoms with E-state index >= 15 is 0 Å². The average molecular weight is 402 g/mol. The Morgan fingerprint density at radius 1 is 1.12 bits per heavy atom. The summed E-state index contributed by atoms with van der Waals surface area (Å²) >= 11 is 12.4. The fraction of sp³-hybridized carbons (Fsp3) is 0.368. The van der Waals surface area contributed by atoms with Crippen LogP contribution in [0.4, 0.5) is 0 Å². The molecule has 1 aliphatic carbocycles. The maximum atomic E-state index is 6.44. The highest BCUT2D eigenvalue weighted by atomic mass is 35.5. The summed E-state index contributed by atoms with van der Waals surface area (Å²) in [6.07, 6.45) is 2.77. The third-order valence-electron chi connectivity index (χ3n) is 4.62. The Morgan fingerprint density at radius 2 is 1.92 bits per heavy atom. The van der Waals surface area contributed by atoms with E-state index in [9.17, 15) is 0 Å². The van der Waals surface area contributed by atoms with Gasteiger partial charge in [-0.2, -0.15) is 0 Å². The van der Waals surface area contributed by atoms with Gasteiger partial charge in [-0.1, -0.05) is 35.3 Å². The molecule has 0 radical (unpaired) electrons. The highest BCUT2D eigenvalue weighted by molar-refractivity contribution is 6.35. The lowest BCUT2D eigenvalue weighted by Crippen LogP contribution is -2.34. The lowest BCUT2D eigenvalue weighted by atomic mass is 9.76. The lowest BCUT2D eigenvalue weighted by Gasteiger charge is -2.32. The largest absolute Gasteiger partial charge is 0.492 e. The van der Waals surface area contributed by atoms with Crippen molar-refractivity contribution in [3.8, 4) is 5.75 Å². The van der Waals surface area contributed by atoms with Crippen LogP contribution < -0.4 is 16.2 Å². The van der Waals surface area contributed by atoms with Gasteiger partial charge in [-0.05, 0) is 60.2 Å². The molecule has 3 rings (SSSR count). The molecule has 0 bridgehead atoms. The summed E-state index contributed by atoms with van der Waals surface area (Å²) in [5, 5.41) is 1.34. The molecular weight excluding hydrogens is 379 g/mol. The summed E-state index contributed by atoms with van der Waals surface area (Å²) in [4.78, 5) is 0. The van der Waals surface area contributed by atoms with Crippen LogP contribution in [0, 0.1) is 0 Å². The maximum absolute atomic E-state index is 6.44. The number of ether oxygens (including phenoxy) is 1. The highest BCUT2D eigenvalue weighted by Gasteiger charge is 2.28. The van der Waals surface area contributed by atoms with Crippen molar-refractivity contribution >= 4 is 35.6 Å². The molecule has 136 valence electrons. The van der Waals surface area contributed by atoms with Crippen LogP contribution in [-0.2, 0) is 12.8 Å². The van der Waals surface area contributed by atoms with Crippen LogP contribution in [0.3, 0.4) is 0 Å². The van der Waals surface area contributed by atoms with Crippen molar-refractivity contribution in [2.24, 2.45) is 11.5 Å². The molecule has 25 heavy (non-hydrogen) atoms. The van der Waals surface area contributed by atoms with E-state index in [1.54, 1.807) is 6.07 Å². The Hall–Kier alpha value is -0.970. The first-order valence-corrected chi connectivity index (χ1v) is 8.99. The second-order valence-electron chi connectivity index (χ2n) is 6.25. The molecule has 0 amide bonds. The first-order chi connectivity index (χ1) is 11.6. The number of halogens is 3. The van der Waals surface area contributed by atoms with Crippen molar-refractivity contribution < 1.29 is 4.74 Å². The zero-order chi connectivity index (χ0) is 17.1. The fourth-order valence-electron chi connectivity index (χ4n) is 3.35. The van der Waals surface area contributed by atoms with E-state index in [0.717, 1.165) is 30.6 Å². The van der Waals surface area contributed by atoms with Gasteiger partial charge in [0.25, 0.3) is 0 Å². The molecule has 0 aromatic heterocycles. The Bertz CT molecular complexity index is 724. The Kier molecular flexibility index (Phi) is 7.41. The molecule has 0 aliphatic heterocycles. The third-order valence-corrected chi connectivity index (χ3v) is 5.21. The summed E-state index contributed by atoms with van der Waals surface area (Å²) in [5.41, 5.74) is 15.6. The van der Waals surface area contributed by atoms with Crippen LogP contribution in [0.2, 0.25) is 10.0 Å². The molecule has 0 saturated carbocycles. The van der Waals surface area contributed by atoms with E-state index in [2.05, 4.69) is 12.1 Å². The van der Waals surface area contributed by atoms with Crippen LogP contribution in [0.1, 0.15) is 29.0 Å². The summed E-state index contributed by atoms with van der Waals surface area (Å²) in [6.45, 7) is 1.01. The van der Waals surface area contributed by atoms with Gasteiger partial charge in [0.05, 0.1) is 0 Å². The molecule has 0 saturated heterocycles. The minimum Gasteiger partial charge on any atom is -0.492 e. The number of nitrogens with two attached hydrogens (primary N) is 2. The SMILES string of the molecule is Cl.NCCOc1ccc2c(c1)C(Cc1ccc(Cl)cc1Cl)C(N)CC2. The van der Waals surface area contributed by atoms with E-state index in [4.69, 9.17) is 39.4 Å². The van der Waals surface area contributed by atoms with Gasteiger partial charge < -0.3 is 16.2 Å². The van der Waals surface area contributed by atoms with Crippen molar-refractivity contribution in [1.29, 1.82) is 0 Å². The standard InChI is InChI=1S/C19H22Cl2N2O.ClH/c20-14-4-1-13(18(21)10-14)9-17-16-11-15(24-8-7-22)5-2-12(16)3-6-19(17)23;/h1-2,4-5,10-11,17,19H,3,6-9,22-23H2;1H. The highest BCUT2D eigenvalue weighted by Crippen LogP contribution is 2.37. The molecule has 1 aliphatic rings. The lowest BCUT2D eigenvalue weighted by molar-refractivity contribution is 0.327. The first kappa shape index (κ1) is 20.3. The summed E-state index contributed by atoms with van der Waals surface area (Å²) in [6, 6.07) is 12.0. The normalized spacial score (nSPS) is 19.0. The second kappa shape index (κ2) is 9.11. The van der Waals surface area contributed by atoms with Crippen LogP contribution >= 0.6 is 35.6 Å². The molecule has 3 nitrogen and oxygen atoms in total. The summed E-state index contributed by atoms with van der Waals surface area (Å²) in [5.74, 6) is 1.06. The second-order valence-corrected chi connectivity index (χ2v) is 7.09. The van der Waals surface area contributed by atoms with Crippen LogP contribution in [0.5, 0.6) is 5.75 Å². The van der Waals surface area contributed by atoms with Crippen molar-refractivity contribution in [1.82, 2.24) is 0 Å². The number of hydrogen-bond acceptors (Lipinski definition) is 3. The van der Waals surface area contributed by atoms with Crippen LogP contribution in [-0.4, -0.2) is 19.2 Å². The molecule has 2 unspecified atom stereocenters. The molecule has 0 heterocycles. The van der Waals surface area contributed by atoms with Crippen molar-refractivity contribution in [2.45, 2.75) is 31.2 Å². The summed E-state index contributed by atoms with van der Waals surface area (Å²) in [7, 11) is 0. The Morgan fingerprint density at radius 3 is 2.64 bits per heavy atom. The Balaban J connectivity index is 0.00000225. The van der Waals surface area contributed by atoms with Crippen LogP contribution in [0.15, 0.2) is 36.4 Å². The molecule has 2 aromatic rings. The number of hydrogen-bond donors (Lipinski definition) is 2. The number of aryl methyl sites for hydroxylation is 1. The van der Waals surface area contributed by atoms with Gasteiger partial charge in [0, 0.05) is 28.5 Å². The quantitative estimate of drug-likeness (QED) is 0.783. The molecule has 4 N–H and O–H groups in total. The predicted octanol–water partition coefficient (Wildman–Crippen LogP) is 4.35. The monoisotopic (exact) mass is 400 g/mol. The fourth-order valence-corrected chi connectivity index (χ4v) is 3.84. The molecular formula is C19H23Cl3N2O. The van der Waals surface area contributed by atoms with Gasteiger partial charge in [0.1, 0.15) is 12.4 Å². The topological polar surface area (TPSA) is 61.3 Å². The molecule has 2 atom stereocenters. The number of fused-ring (bicyclic) bond motifs is 1. The van der Waals surface area contributed by atoms with E-state index < -0.39 is 0 Å². The molecule has 0 fully saturated rings. The zero-order valence-corrected chi connectivity index (χ0v) is 16.2. The summed E-state index contributed by atoms with van der Waals surface area (Å²) < 4.78 is 5.69. The van der Waals surface area contributed by atoms with E-state index in [-0.39, 0.29) is 24.4 Å². The van der Waals surface area contributed by atoms with E-state index in [1.807, 2.05) is 18.2 Å². The van der Waals surface area contributed by atoms with E-state index in [1.165, 1.54) is 11.1 Å². The van der Waals surface area contributed by atoms with Gasteiger partial charge in [-0.25, -0.2) is 0 Å². The van der Waals surface area contributed by atoms with Gasteiger partial charge in [-0.15, -0.1) is 12.4 Å². The Labute approximate surface area is 165 Å². The van der Waals surface area contributed by atoms with Crippen LogP contribution in [0.25, 0.3) is 0 Å². The average Bonchev–Trinajstić information content (AvgIpc) is 2.57. The van der Waals surface area contributed by atoms with Gasteiger partial charge in [0.15, 0.2) is 0 Å². The first-order valence-electron chi connectivity index (χ1n) is 8.23. The van der Waals surface area contributed by atoms with Crippen molar-refractivity contribution in [3.63, 3.8) is 0 Å². The van der Waals surface area contributed by atoms with E-state index in [0.29, 0.717) is 23.2 Å². The molecule has 6 heteroatoms. The minimum absolute atomic E-state index is 0. The number of rotatable bonds is 5. The third kappa shape index (κ3) is 4.81.